The van der Waals surface area contributed by atoms with E-state index in [1.165, 1.54) is 44.1 Å². The molecular weight excluding hydrogens is 248 g/mol. The van der Waals surface area contributed by atoms with Crippen molar-refractivity contribution in [2.75, 3.05) is 18.5 Å². The summed E-state index contributed by atoms with van der Waals surface area (Å²) in [6, 6.07) is 0.687. The van der Waals surface area contributed by atoms with Gasteiger partial charge < -0.3 is 10.2 Å². The quantitative estimate of drug-likeness (QED) is 0.916. The van der Waals surface area contributed by atoms with Crippen LogP contribution in [0.2, 0.25) is 0 Å². The molecule has 3 rings (SSSR count). The number of aryl methyl sites for hydroxylation is 1. The smallest absolute Gasteiger partial charge is 0.225 e. The highest BCUT2D eigenvalue weighted by molar-refractivity contribution is 5.36. The van der Waals surface area contributed by atoms with Crippen LogP contribution in [0.15, 0.2) is 6.20 Å². The summed E-state index contributed by atoms with van der Waals surface area (Å²) in [7, 11) is 1.96. The van der Waals surface area contributed by atoms with Gasteiger partial charge >= 0.3 is 0 Å². The van der Waals surface area contributed by atoms with Crippen molar-refractivity contribution in [3.63, 3.8) is 0 Å². The largest absolute Gasteiger partial charge is 0.338 e. The Hall–Kier alpha value is -1.16. The second-order valence-electron chi connectivity index (χ2n) is 6.26. The van der Waals surface area contributed by atoms with Gasteiger partial charge in [-0.3, -0.25) is 0 Å². The van der Waals surface area contributed by atoms with E-state index in [-0.39, 0.29) is 0 Å². The van der Waals surface area contributed by atoms with Crippen LogP contribution in [0.1, 0.15) is 49.8 Å². The molecule has 0 bridgehead atoms. The number of anilines is 1. The van der Waals surface area contributed by atoms with Crippen LogP contribution < -0.4 is 10.2 Å². The number of hydrogen-bond acceptors (Lipinski definition) is 4. The van der Waals surface area contributed by atoms with E-state index in [2.05, 4.69) is 22.1 Å². The molecule has 1 N–H and O–H groups in total. The number of aromatic nitrogens is 2. The van der Waals surface area contributed by atoms with Crippen LogP contribution in [0.3, 0.4) is 0 Å². The fourth-order valence-electron chi connectivity index (χ4n) is 3.86. The summed E-state index contributed by atoms with van der Waals surface area (Å²) in [6.45, 7) is 4.07. The van der Waals surface area contributed by atoms with Gasteiger partial charge in [-0.15, -0.1) is 0 Å². The summed E-state index contributed by atoms with van der Waals surface area (Å²) in [4.78, 5) is 11.9. The highest BCUT2D eigenvalue weighted by Crippen LogP contribution is 2.36. The van der Waals surface area contributed by atoms with Crippen molar-refractivity contribution >= 4 is 5.95 Å². The SMILES string of the molecule is CNCc1cnc(N2CCCC2C2CCCC2)nc1C. The van der Waals surface area contributed by atoms with E-state index in [0.717, 1.165) is 30.6 Å². The van der Waals surface area contributed by atoms with E-state index in [9.17, 15) is 0 Å². The van der Waals surface area contributed by atoms with Crippen LogP contribution in [0, 0.1) is 12.8 Å². The Morgan fingerprint density at radius 3 is 2.75 bits per heavy atom. The topological polar surface area (TPSA) is 41.1 Å². The molecule has 2 fully saturated rings. The summed E-state index contributed by atoms with van der Waals surface area (Å²) in [6.07, 6.45) is 10.2. The minimum Gasteiger partial charge on any atom is -0.338 e. The molecule has 4 heteroatoms. The first-order valence-electron chi connectivity index (χ1n) is 8.03. The third kappa shape index (κ3) is 2.66. The predicted octanol–water partition coefficient (Wildman–Crippen LogP) is 2.66. The van der Waals surface area contributed by atoms with E-state index in [1.54, 1.807) is 0 Å². The average Bonchev–Trinajstić information content (AvgIpc) is 3.11. The monoisotopic (exact) mass is 274 g/mol. The number of nitrogens with one attached hydrogen (secondary N) is 1. The fraction of sp³-hybridized carbons (Fsp3) is 0.750. The van der Waals surface area contributed by atoms with Crippen LogP contribution in [0.4, 0.5) is 5.95 Å². The average molecular weight is 274 g/mol. The highest BCUT2D eigenvalue weighted by atomic mass is 15.3. The summed E-state index contributed by atoms with van der Waals surface area (Å²) >= 11 is 0. The third-order valence-electron chi connectivity index (χ3n) is 4.94. The van der Waals surface area contributed by atoms with Crippen LogP contribution in [0.5, 0.6) is 0 Å². The highest BCUT2D eigenvalue weighted by Gasteiger charge is 2.34. The molecule has 0 radical (unpaired) electrons. The Morgan fingerprint density at radius 1 is 1.25 bits per heavy atom. The molecule has 2 aliphatic rings. The molecule has 1 aromatic heterocycles. The molecule has 1 aromatic rings. The molecule has 20 heavy (non-hydrogen) atoms. The molecule has 0 spiro atoms. The first-order chi connectivity index (χ1) is 9.79. The van der Waals surface area contributed by atoms with Gasteiger partial charge in [-0.25, -0.2) is 9.97 Å². The van der Waals surface area contributed by atoms with Crippen molar-refractivity contribution in [2.24, 2.45) is 5.92 Å². The van der Waals surface area contributed by atoms with Gasteiger partial charge in [-0.1, -0.05) is 12.8 Å². The second-order valence-corrected chi connectivity index (χ2v) is 6.26. The van der Waals surface area contributed by atoms with Crippen LogP contribution >= 0.6 is 0 Å². The summed E-state index contributed by atoms with van der Waals surface area (Å²) in [5, 5.41) is 3.17. The van der Waals surface area contributed by atoms with Crippen LogP contribution in [0.25, 0.3) is 0 Å². The van der Waals surface area contributed by atoms with Gasteiger partial charge in [0.1, 0.15) is 0 Å². The number of hydrogen-bond donors (Lipinski definition) is 1. The molecule has 1 saturated carbocycles. The fourth-order valence-corrected chi connectivity index (χ4v) is 3.86. The van der Waals surface area contributed by atoms with E-state index in [1.807, 2.05) is 13.2 Å². The van der Waals surface area contributed by atoms with Crippen molar-refractivity contribution in [3.8, 4) is 0 Å². The lowest BCUT2D eigenvalue weighted by molar-refractivity contribution is 0.427. The molecule has 1 aliphatic heterocycles. The molecule has 2 heterocycles. The maximum absolute atomic E-state index is 4.77. The zero-order valence-electron chi connectivity index (χ0n) is 12.7. The number of nitrogens with zero attached hydrogens (tertiary/aromatic N) is 3. The predicted molar refractivity (Wildman–Crippen MR) is 81.9 cm³/mol. The Bertz CT molecular complexity index is 454. The normalized spacial score (nSPS) is 23.7. The van der Waals surface area contributed by atoms with Gasteiger partial charge in [0.15, 0.2) is 0 Å². The zero-order valence-corrected chi connectivity index (χ0v) is 12.7. The van der Waals surface area contributed by atoms with Crippen molar-refractivity contribution in [3.05, 3.63) is 17.5 Å². The molecule has 1 unspecified atom stereocenters. The Kier molecular flexibility index (Phi) is 4.20. The van der Waals surface area contributed by atoms with Gasteiger partial charge in [0.25, 0.3) is 0 Å². The van der Waals surface area contributed by atoms with Gasteiger partial charge in [0.05, 0.1) is 0 Å². The van der Waals surface area contributed by atoms with E-state index >= 15 is 0 Å². The standard InChI is InChI=1S/C16H26N4/c1-12-14(10-17-2)11-18-16(19-12)20-9-5-8-15(20)13-6-3-4-7-13/h11,13,15,17H,3-10H2,1-2H3. The maximum Gasteiger partial charge on any atom is 0.225 e. The van der Waals surface area contributed by atoms with Gasteiger partial charge in [0.2, 0.25) is 5.95 Å². The van der Waals surface area contributed by atoms with E-state index in [4.69, 9.17) is 4.98 Å². The Labute approximate surface area is 122 Å². The first kappa shape index (κ1) is 13.8. The van der Waals surface area contributed by atoms with Crippen molar-refractivity contribution in [1.29, 1.82) is 0 Å². The van der Waals surface area contributed by atoms with Crippen LogP contribution in [-0.2, 0) is 6.54 Å². The molecule has 0 aromatic carbocycles. The molecule has 110 valence electrons. The molecular formula is C16H26N4. The first-order valence-corrected chi connectivity index (χ1v) is 8.03. The van der Waals surface area contributed by atoms with Crippen molar-refractivity contribution in [2.45, 2.75) is 58.0 Å². The molecule has 1 atom stereocenters. The molecule has 0 amide bonds. The second kappa shape index (κ2) is 6.08. The summed E-state index contributed by atoms with van der Waals surface area (Å²) < 4.78 is 0. The van der Waals surface area contributed by atoms with Crippen molar-refractivity contribution < 1.29 is 0 Å². The Balaban J connectivity index is 1.78. The minimum atomic E-state index is 0.687. The van der Waals surface area contributed by atoms with Gasteiger partial charge in [0, 0.05) is 36.6 Å². The lowest BCUT2D eigenvalue weighted by Gasteiger charge is -2.29. The zero-order chi connectivity index (χ0) is 13.9. The lowest BCUT2D eigenvalue weighted by Crippen LogP contribution is -2.36. The van der Waals surface area contributed by atoms with Gasteiger partial charge in [-0.2, -0.15) is 0 Å². The van der Waals surface area contributed by atoms with Crippen LogP contribution in [-0.4, -0.2) is 29.6 Å². The third-order valence-corrected chi connectivity index (χ3v) is 4.94. The summed E-state index contributed by atoms with van der Waals surface area (Å²) in [5.41, 5.74) is 2.31. The number of rotatable bonds is 4. The molecule has 4 nitrogen and oxygen atoms in total. The Morgan fingerprint density at radius 2 is 2.05 bits per heavy atom. The maximum atomic E-state index is 4.77. The van der Waals surface area contributed by atoms with Crippen molar-refractivity contribution in [1.82, 2.24) is 15.3 Å². The molecule has 1 saturated heterocycles. The van der Waals surface area contributed by atoms with E-state index in [0.29, 0.717) is 6.04 Å². The van der Waals surface area contributed by atoms with Gasteiger partial charge in [-0.05, 0) is 45.6 Å². The summed E-state index contributed by atoms with van der Waals surface area (Å²) in [5.74, 6) is 1.83. The minimum absolute atomic E-state index is 0.687. The van der Waals surface area contributed by atoms with E-state index < -0.39 is 0 Å². The lowest BCUT2D eigenvalue weighted by atomic mass is 9.96. The molecule has 1 aliphatic carbocycles.